The molecule has 124 valence electrons. The van der Waals surface area contributed by atoms with Crippen molar-refractivity contribution in [3.05, 3.63) is 48.3 Å². The van der Waals surface area contributed by atoms with Gasteiger partial charge in [-0.3, -0.25) is 4.79 Å². The highest BCUT2D eigenvalue weighted by atomic mass is 16.4. The van der Waals surface area contributed by atoms with E-state index < -0.39 is 5.60 Å². The van der Waals surface area contributed by atoms with Gasteiger partial charge in [-0.05, 0) is 38.0 Å². The smallest absolute Gasteiger partial charge is 0.257 e. The lowest BCUT2D eigenvalue weighted by Crippen LogP contribution is -2.48. The highest BCUT2D eigenvalue weighted by molar-refractivity contribution is 5.93. The average molecular weight is 318 g/mol. The number of hydrogen-bond donors (Lipinski definition) is 2. The van der Waals surface area contributed by atoms with Gasteiger partial charge in [-0.25, -0.2) is 0 Å². The van der Waals surface area contributed by atoms with Crippen LogP contribution in [0.3, 0.4) is 0 Å². The van der Waals surface area contributed by atoms with E-state index in [9.17, 15) is 9.90 Å². The lowest BCUT2D eigenvalue weighted by Gasteiger charge is -2.33. The van der Waals surface area contributed by atoms with Gasteiger partial charge in [0, 0.05) is 25.7 Å². The van der Waals surface area contributed by atoms with Gasteiger partial charge in [0.2, 0.25) is 0 Å². The van der Waals surface area contributed by atoms with Crippen molar-refractivity contribution in [1.29, 1.82) is 0 Å². The maximum absolute atomic E-state index is 12.2. The summed E-state index contributed by atoms with van der Waals surface area (Å²) in [6.45, 7) is 3.55. The van der Waals surface area contributed by atoms with Crippen molar-refractivity contribution in [1.82, 2.24) is 10.2 Å². The number of piperidine rings is 1. The molecule has 2 aromatic heterocycles. The first-order valence-electron chi connectivity index (χ1n) is 7.87. The number of hydrogen-bond acceptors (Lipinski definition) is 5. The van der Waals surface area contributed by atoms with E-state index in [0.29, 0.717) is 31.0 Å². The minimum atomic E-state index is -1.03. The van der Waals surface area contributed by atoms with E-state index in [4.69, 9.17) is 8.83 Å². The molecule has 0 radical (unpaired) electrons. The van der Waals surface area contributed by atoms with Crippen molar-refractivity contribution >= 4 is 5.91 Å². The second kappa shape index (κ2) is 6.60. The molecule has 1 fully saturated rings. The van der Waals surface area contributed by atoms with E-state index in [0.717, 1.165) is 12.8 Å². The van der Waals surface area contributed by atoms with Gasteiger partial charge in [-0.15, -0.1) is 0 Å². The largest absolute Gasteiger partial charge is 0.472 e. The Morgan fingerprint density at radius 3 is 2.78 bits per heavy atom. The van der Waals surface area contributed by atoms with Crippen molar-refractivity contribution in [2.24, 2.45) is 0 Å². The van der Waals surface area contributed by atoms with Crippen LogP contribution in [-0.4, -0.2) is 41.6 Å². The molecule has 1 aliphatic heterocycles. The van der Waals surface area contributed by atoms with Gasteiger partial charge in [-0.2, -0.15) is 0 Å². The molecule has 1 unspecified atom stereocenters. The lowest BCUT2D eigenvalue weighted by atomic mass is 10.00. The van der Waals surface area contributed by atoms with Crippen LogP contribution in [0.1, 0.15) is 35.9 Å². The molecule has 2 N–H and O–H groups in total. The summed E-state index contributed by atoms with van der Waals surface area (Å²) in [4.78, 5) is 14.1. The summed E-state index contributed by atoms with van der Waals surface area (Å²) in [6, 6.07) is 5.51. The first-order chi connectivity index (χ1) is 11.1. The van der Waals surface area contributed by atoms with E-state index in [1.807, 2.05) is 4.90 Å². The summed E-state index contributed by atoms with van der Waals surface area (Å²) in [7, 11) is 0. The third-order valence-electron chi connectivity index (χ3n) is 4.34. The zero-order valence-corrected chi connectivity index (χ0v) is 13.2. The molecule has 0 aliphatic carbocycles. The highest BCUT2D eigenvalue weighted by Crippen LogP contribution is 2.21. The molecular weight excluding hydrogens is 296 g/mol. The number of likely N-dealkylation sites (tertiary alicyclic amines) is 1. The van der Waals surface area contributed by atoms with Crippen LogP contribution < -0.4 is 5.32 Å². The fraction of sp³-hybridized carbons (Fsp3) is 0.471. The second-order valence-corrected chi connectivity index (χ2v) is 6.21. The first-order valence-corrected chi connectivity index (χ1v) is 7.87. The average Bonchev–Trinajstić information content (AvgIpc) is 3.26. The summed E-state index contributed by atoms with van der Waals surface area (Å²) < 4.78 is 10.2. The Morgan fingerprint density at radius 2 is 2.17 bits per heavy atom. The lowest BCUT2D eigenvalue weighted by molar-refractivity contribution is 0.0284. The van der Waals surface area contributed by atoms with E-state index in [1.165, 1.54) is 12.5 Å². The van der Waals surface area contributed by atoms with Gasteiger partial charge in [0.1, 0.15) is 17.6 Å². The predicted octanol–water partition coefficient (Wildman–Crippen LogP) is 1.97. The van der Waals surface area contributed by atoms with Gasteiger partial charge in [0.25, 0.3) is 5.91 Å². The first kappa shape index (κ1) is 15.8. The summed E-state index contributed by atoms with van der Waals surface area (Å²) in [6.07, 6.45) is 6.27. The van der Waals surface area contributed by atoms with Crippen molar-refractivity contribution in [2.45, 2.75) is 31.4 Å². The van der Waals surface area contributed by atoms with E-state index in [1.54, 1.807) is 31.4 Å². The number of carbonyl (C=O) groups is 1. The summed E-state index contributed by atoms with van der Waals surface area (Å²) in [5, 5.41) is 13.8. The van der Waals surface area contributed by atoms with E-state index >= 15 is 0 Å². The summed E-state index contributed by atoms with van der Waals surface area (Å²) in [5.74, 6) is 0.567. The number of carbonyl (C=O) groups excluding carboxylic acids is 1. The van der Waals surface area contributed by atoms with Crippen molar-refractivity contribution in [2.75, 3.05) is 19.6 Å². The molecule has 0 spiro atoms. The number of rotatable bonds is 5. The van der Waals surface area contributed by atoms with Crippen molar-refractivity contribution in [3.63, 3.8) is 0 Å². The van der Waals surface area contributed by atoms with Gasteiger partial charge in [-0.1, -0.05) is 0 Å². The van der Waals surface area contributed by atoms with Gasteiger partial charge >= 0.3 is 0 Å². The van der Waals surface area contributed by atoms with Crippen LogP contribution in [0.5, 0.6) is 0 Å². The van der Waals surface area contributed by atoms with Crippen LogP contribution in [-0.2, 0) is 5.60 Å². The molecule has 2 aromatic rings. The monoisotopic (exact) mass is 318 g/mol. The number of nitrogens with one attached hydrogen (secondary N) is 1. The number of aliphatic hydroxyl groups is 1. The van der Waals surface area contributed by atoms with Crippen LogP contribution in [0.2, 0.25) is 0 Å². The van der Waals surface area contributed by atoms with Gasteiger partial charge in [0.15, 0.2) is 0 Å². The third-order valence-corrected chi connectivity index (χ3v) is 4.34. The Kier molecular flexibility index (Phi) is 4.54. The predicted molar refractivity (Wildman–Crippen MR) is 83.9 cm³/mol. The molecule has 6 nitrogen and oxygen atoms in total. The maximum atomic E-state index is 12.2. The third kappa shape index (κ3) is 3.65. The Morgan fingerprint density at radius 1 is 1.39 bits per heavy atom. The molecule has 6 heteroatoms. The summed E-state index contributed by atoms with van der Waals surface area (Å²) in [5.41, 5.74) is -0.440. The van der Waals surface area contributed by atoms with E-state index in [-0.39, 0.29) is 11.9 Å². The molecule has 1 saturated heterocycles. The van der Waals surface area contributed by atoms with Crippen LogP contribution in [0.15, 0.2) is 45.8 Å². The van der Waals surface area contributed by atoms with E-state index in [2.05, 4.69) is 5.32 Å². The van der Waals surface area contributed by atoms with Crippen LogP contribution in [0.25, 0.3) is 0 Å². The van der Waals surface area contributed by atoms with Crippen LogP contribution >= 0.6 is 0 Å². The fourth-order valence-corrected chi connectivity index (χ4v) is 2.87. The Hall–Kier alpha value is -2.05. The zero-order chi connectivity index (χ0) is 16.3. The Bertz CT molecular complexity index is 611. The van der Waals surface area contributed by atoms with Gasteiger partial charge in [0.05, 0.1) is 18.1 Å². The molecule has 0 bridgehead atoms. The minimum absolute atomic E-state index is 0.0137. The molecule has 1 aliphatic rings. The highest BCUT2D eigenvalue weighted by Gasteiger charge is 2.29. The molecular formula is C17H22N2O4. The normalized spacial score (nSPS) is 18.8. The topological polar surface area (TPSA) is 78.9 Å². The minimum Gasteiger partial charge on any atom is -0.472 e. The molecule has 1 atom stereocenters. The van der Waals surface area contributed by atoms with Crippen LogP contribution in [0.4, 0.5) is 0 Å². The summed E-state index contributed by atoms with van der Waals surface area (Å²) >= 11 is 0. The fourth-order valence-electron chi connectivity index (χ4n) is 2.87. The maximum Gasteiger partial charge on any atom is 0.257 e. The standard InChI is InChI=1S/C17H22N2O4/c1-17(21,15-3-2-9-23-15)12-18-14-4-7-19(8-5-14)16(20)13-6-10-22-11-13/h2-3,6,9-11,14,18,21H,4-5,7-8,12H2,1H3. The Labute approximate surface area is 135 Å². The SMILES string of the molecule is CC(O)(CNC1CCN(C(=O)c2ccoc2)CC1)c1ccco1. The quantitative estimate of drug-likeness (QED) is 0.881. The Balaban J connectivity index is 1.47. The molecule has 3 heterocycles. The molecule has 3 rings (SSSR count). The van der Waals surface area contributed by atoms with Crippen molar-refractivity contribution < 1.29 is 18.7 Å². The number of nitrogens with zero attached hydrogens (tertiary/aromatic N) is 1. The molecule has 0 aromatic carbocycles. The zero-order valence-electron chi connectivity index (χ0n) is 13.2. The van der Waals surface area contributed by atoms with Gasteiger partial charge < -0.3 is 24.2 Å². The molecule has 1 amide bonds. The molecule has 23 heavy (non-hydrogen) atoms. The number of amides is 1. The van der Waals surface area contributed by atoms with Crippen molar-refractivity contribution in [3.8, 4) is 0 Å². The second-order valence-electron chi connectivity index (χ2n) is 6.21. The van der Waals surface area contributed by atoms with Crippen LogP contribution in [0, 0.1) is 0 Å². The number of furan rings is 2. The molecule has 0 saturated carbocycles.